The summed E-state index contributed by atoms with van der Waals surface area (Å²) < 4.78 is 16.9. The van der Waals surface area contributed by atoms with Crippen LogP contribution in [-0.2, 0) is 4.79 Å². The SMILES string of the molecule is COc1cccc(N2CCN([C@@H](C)C(=O)Nc3cc4oc5ccccc5c4cc3OC)CC2)c1. The summed E-state index contributed by atoms with van der Waals surface area (Å²) in [6.07, 6.45) is 0. The summed E-state index contributed by atoms with van der Waals surface area (Å²) in [5.41, 5.74) is 3.28. The van der Waals surface area contributed by atoms with Gasteiger partial charge < -0.3 is 24.1 Å². The Balaban J connectivity index is 1.28. The number of hydrogen-bond donors (Lipinski definition) is 1. The predicted molar refractivity (Wildman–Crippen MR) is 135 cm³/mol. The Bertz CT molecular complexity index is 1320. The highest BCUT2D eigenvalue weighted by Gasteiger charge is 2.27. The highest BCUT2D eigenvalue weighted by atomic mass is 16.5. The van der Waals surface area contributed by atoms with Crippen molar-refractivity contribution in [1.82, 2.24) is 4.90 Å². The maximum Gasteiger partial charge on any atom is 0.241 e. The molecule has 3 aromatic carbocycles. The van der Waals surface area contributed by atoms with Gasteiger partial charge in [0.1, 0.15) is 22.7 Å². The van der Waals surface area contributed by atoms with Crippen LogP contribution in [0.3, 0.4) is 0 Å². The molecule has 1 amide bonds. The van der Waals surface area contributed by atoms with Gasteiger partial charge >= 0.3 is 0 Å². The van der Waals surface area contributed by atoms with Crippen LogP contribution in [0, 0.1) is 0 Å². The smallest absolute Gasteiger partial charge is 0.241 e. The third kappa shape index (κ3) is 4.15. The van der Waals surface area contributed by atoms with E-state index in [1.54, 1.807) is 14.2 Å². The number of amides is 1. The molecule has 176 valence electrons. The molecule has 1 fully saturated rings. The van der Waals surface area contributed by atoms with E-state index in [4.69, 9.17) is 13.9 Å². The van der Waals surface area contributed by atoms with Gasteiger partial charge in [0.25, 0.3) is 0 Å². The molecule has 1 saturated heterocycles. The molecule has 34 heavy (non-hydrogen) atoms. The maximum atomic E-state index is 13.2. The molecule has 1 aliphatic rings. The van der Waals surface area contributed by atoms with Crippen LogP contribution in [0.1, 0.15) is 6.92 Å². The molecule has 4 aromatic rings. The lowest BCUT2D eigenvalue weighted by atomic mass is 10.1. The lowest BCUT2D eigenvalue weighted by molar-refractivity contribution is -0.120. The molecule has 0 spiro atoms. The molecule has 1 aliphatic heterocycles. The van der Waals surface area contributed by atoms with Crippen molar-refractivity contribution in [2.45, 2.75) is 13.0 Å². The monoisotopic (exact) mass is 459 g/mol. The van der Waals surface area contributed by atoms with Crippen molar-refractivity contribution in [1.29, 1.82) is 0 Å². The van der Waals surface area contributed by atoms with Crippen LogP contribution in [-0.4, -0.2) is 57.2 Å². The Morgan fingerprint density at radius 1 is 0.912 bits per heavy atom. The van der Waals surface area contributed by atoms with E-state index in [0.717, 1.165) is 59.6 Å². The fourth-order valence-electron chi connectivity index (χ4n) is 4.60. The number of hydrogen-bond acceptors (Lipinski definition) is 6. The number of furan rings is 1. The van der Waals surface area contributed by atoms with Gasteiger partial charge in [-0.2, -0.15) is 0 Å². The van der Waals surface area contributed by atoms with Gasteiger partial charge in [0.05, 0.1) is 25.9 Å². The molecule has 0 bridgehead atoms. The lowest BCUT2D eigenvalue weighted by Crippen LogP contribution is -2.52. The van der Waals surface area contributed by atoms with E-state index in [-0.39, 0.29) is 11.9 Å². The van der Waals surface area contributed by atoms with Crippen molar-refractivity contribution in [3.63, 3.8) is 0 Å². The average molecular weight is 460 g/mol. The molecule has 0 radical (unpaired) electrons. The lowest BCUT2D eigenvalue weighted by Gasteiger charge is -2.38. The number of carbonyl (C=O) groups excluding carboxylic acids is 1. The van der Waals surface area contributed by atoms with Crippen molar-refractivity contribution >= 4 is 39.2 Å². The zero-order valence-electron chi connectivity index (χ0n) is 19.7. The fourth-order valence-corrected chi connectivity index (χ4v) is 4.60. The number of carbonyl (C=O) groups is 1. The topological polar surface area (TPSA) is 67.2 Å². The van der Waals surface area contributed by atoms with Gasteiger partial charge in [-0.3, -0.25) is 9.69 Å². The first-order chi connectivity index (χ1) is 16.6. The number of fused-ring (bicyclic) bond motifs is 3. The maximum absolute atomic E-state index is 13.2. The molecule has 0 aliphatic carbocycles. The summed E-state index contributed by atoms with van der Waals surface area (Å²) >= 11 is 0. The molecule has 7 nitrogen and oxygen atoms in total. The molecule has 0 unspecified atom stereocenters. The highest BCUT2D eigenvalue weighted by molar-refractivity contribution is 6.08. The first-order valence-corrected chi connectivity index (χ1v) is 11.5. The van der Waals surface area contributed by atoms with Gasteiger partial charge in [-0.25, -0.2) is 0 Å². The Labute approximate surface area is 198 Å². The fraction of sp³-hybridized carbons (Fsp3) is 0.296. The molecular weight excluding hydrogens is 430 g/mol. The largest absolute Gasteiger partial charge is 0.497 e. The van der Waals surface area contributed by atoms with Crippen molar-refractivity contribution < 1.29 is 18.7 Å². The standard InChI is InChI=1S/C27H29N3O4/c1-18(29-11-13-30(14-12-29)19-7-6-8-20(15-19)32-2)27(31)28-23-17-25-22(16-26(23)33-3)21-9-4-5-10-24(21)34-25/h4-10,15-18H,11-14H2,1-3H3,(H,28,31)/t18-/m0/s1. The molecule has 5 rings (SSSR count). The normalized spacial score (nSPS) is 15.4. The number of para-hydroxylation sites is 1. The Kier molecular flexibility index (Phi) is 6.02. The summed E-state index contributed by atoms with van der Waals surface area (Å²) in [4.78, 5) is 17.7. The van der Waals surface area contributed by atoms with Gasteiger partial charge in [-0.1, -0.05) is 24.3 Å². The van der Waals surface area contributed by atoms with E-state index in [0.29, 0.717) is 11.4 Å². The average Bonchev–Trinajstić information content (AvgIpc) is 3.25. The summed E-state index contributed by atoms with van der Waals surface area (Å²) in [6, 6.07) is 19.5. The third-order valence-corrected chi connectivity index (χ3v) is 6.62. The Morgan fingerprint density at radius 3 is 2.47 bits per heavy atom. The van der Waals surface area contributed by atoms with E-state index in [9.17, 15) is 4.79 Å². The van der Waals surface area contributed by atoms with Gasteiger partial charge in [-0.15, -0.1) is 0 Å². The molecule has 1 N–H and O–H groups in total. The van der Waals surface area contributed by atoms with Crippen LogP contribution < -0.4 is 19.7 Å². The summed E-state index contributed by atoms with van der Waals surface area (Å²) in [7, 11) is 3.29. The number of piperazine rings is 1. The predicted octanol–water partition coefficient (Wildman–Crippen LogP) is 4.75. The van der Waals surface area contributed by atoms with Crippen molar-refractivity contribution in [3.05, 3.63) is 60.7 Å². The van der Waals surface area contributed by atoms with Gasteiger partial charge in [0.15, 0.2) is 0 Å². The third-order valence-electron chi connectivity index (χ3n) is 6.62. The van der Waals surface area contributed by atoms with Gasteiger partial charge in [0, 0.05) is 54.8 Å². The summed E-state index contributed by atoms with van der Waals surface area (Å²) in [6.45, 7) is 5.23. The van der Waals surface area contributed by atoms with Crippen molar-refractivity contribution in [3.8, 4) is 11.5 Å². The summed E-state index contributed by atoms with van der Waals surface area (Å²) in [5, 5.41) is 5.05. The van der Waals surface area contributed by atoms with Gasteiger partial charge in [0.2, 0.25) is 5.91 Å². The van der Waals surface area contributed by atoms with Crippen LogP contribution in [0.5, 0.6) is 11.5 Å². The van der Waals surface area contributed by atoms with E-state index in [1.165, 1.54) is 0 Å². The number of nitrogens with one attached hydrogen (secondary N) is 1. The Morgan fingerprint density at radius 2 is 1.71 bits per heavy atom. The van der Waals surface area contributed by atoms with Crippen molar-refractivity contribution in [2.24, 2.45) is 0 Å². The first-order valence-electron chi connectivity index (χ1n) is 11.5. The number of methoxy groups -OCH3 is 2. The van der Waals surface area contributed by atoms with Crippen LogP contribution in [0.2, 0.25) is 0 Å². The second kappa shape index (κ2) is 9.27. The van der Waals surface area contributed by atoms with Crippen LogP contribution in [0.25, 0.3) is 21.9 Å². The second-order valence-electron chi connectivity index (χ2n) is 8.54. The minimum atomic E-state index is -0.275. The number of nitrogens with zero attached hydrogens (tertiary/aromatic N) is 2. The van der Waals surface area contributed by atoms with E-state index in [2.05, 4.69) is 21.2 Å². The first kappa shape index (κ1) is 22.1. The van der Waals surface area contributed by atoms with E-state index in [1.807, 2.05) is 61.5 Å². The Hall–Kier alpha value is -3.71. The number of benzene rings is 3. The van der Waals surface area contributed by atoms with E-state index >= 15 is 0 Å². The molecule has 1 aromatic heterocycles. The highest BCUT2D eigenvalue weighted by Crippen LogP contribution is 2.36. The molecule has 2 heterocycles. The van der Waals surface area contributed by atoms with E-state index < -0.39 is 0 Å². The zero-order valence-corrected chi connectivity index (χ0v) is 19.7. The summed E-state index contributed by atoms with van der Waals surface area (Å²) in [5.74, 6) is 1.40. The number of ether oxygens (including phenoxy) is 2. The number of rotatable bonds is 6. The second-order valence-corrected chi connectivity index (χ2v) is 8.54. The molecule has 1 atom stereocenters. The van der Waals surface area contributed by atoms with Crippen LogP contribution in [0.15, 0.2) is 65.1 Å². The molecule has 0 saturated carbocycles. The quantitative estimate of drug-likeness (QED) is 0.449. The number of anilines is 2. The van der Waals surface area contributed by atoms with Crippen LogP contribution >= 0.6 is 0 Å². The molecule has 7 heteroatoms. The van der Waals surface area contributed by atoms with Crippen molar-refractivity contribution in [2.75, 3.05) is 50.6 Å². The van der Waals surface area contributed by atoms with Gasteiger partial charge in [-0.05, 0) is 31.2 Å². The minimum Gasteiger partial charge on any atom is -0.497 e. The van der Waals surface area contributed by atoms with Crippen LogP contribution in [0.4, 0.5) is 11.4 Å². The molecular formula is C27H29N3O4. The minimum absolute atomic E-state index is 0.0661. The zero-order chi connectivity index (χ0) is 23.7.